The Hall–Kier alpha value is -0.900. The number of hydrogen-bond acceptors (Lipinski definition) is 3. The summed E-state index contributed by atoms with van der Waals surface area (Å²) < 4.78 is 2.48. The second-order valence-electron chi connectivity index (χ2n) is 7.79. The summed E-state index contributed by atoms with van der Waals surface area (Å²) in [5.41, 5.74) is 0.393. The fourth-order valence-electron chi connectivity index (χ4n) is 6.05. The van der Waals surface area contributed by atoms with E-state index in [-0.39, 0.29) is 0 Å². The highest BCUT2D eigenvalue weighted by molar-refractivity contribution is 5.19. The molecule has 20 heavy (non-hydrogen) atoms. The van der Waals surface area contributed by atoms with Crippen LogP contribution in [0.5, 0.6) is 0 Å². The Morgan fingerprint density at radius 1 is 0.950 bits per heavy atom. The van der Waals surface area contributed by atoms with E-state index in [0.717, 1.165) is 43.8 Å². The summed E-state index contributed by atoms with van der Waals surface area (Å²) in [5, 5.41) is 12.8. The van der Waals surface area contributed by atoms with Crippen molar-refractivity contribution in [1.82, 2.24) is 20.1 Å². The quantitative estimate of drug-likeness (QED) is 0.849. The lowest BCUT2D eigenvalue weighted by atomic mass is 9.49. The molecule has 0 radical (unpaired) electrons. The van der Waals surface area contributed by atoms with E-state index >= 15 is 0 Å². The fourth-order valence-corrected chi connectivity index (χ4v) is 6.05. The first-order valence-corrected chi connectivity index (χ1v) is 8.46. The normalized spacial score (nSPS) is 42.5. The average Bonchev–Trinajstić information content (AvgIpc) is 2.68. The molecule has 0 amide bonds. The summed E-state index contributed by atoms with van der Waals surface area (Å²) in [7, 11) is 0. The van der Waals surface area contributed by atoms with E-state index in [1.165, 1.54) is 50.2 Å². The maximum absolute atomic E-state index is 4.71. The number of fused-ring (bicyclic) bond motifs is 1. The van der Waals surface area contributed by atoms with Crippen LogP contribution in [0.1, 0.15) is 50.2 Å². The smallest absolute Gasteiger partial charge is 0.139 e. The molecule has 0 aromatic carbocycles. The standard InChI is InChI=1S/C16H24N4/c1-2-17-3-4-20-14(1)18-19-15(20)16-8-11-5-12(9-16)7-13(6-11)10-16/h11-13,17H,1-10H2. The van der Waals surface area contributed by atoms with Gasteiger partial charge in [0.25, 0.3) is 0 Å². The average molecular weight is 272 g/mol. The van der Waals surface area contributed by atoms with Crippen molar-refractivity contribution in [1.29, 1.82) is 0 Å². The lowest BCUT2D eigenvalue weighted by molar-refractivity contribution is -0.0112. The van der Waals surface area contributed by atoms with Crippen LogP contribution in [0.25, 0.3) is 0 Å². The van der Waals surface area contributed by atoms with Crippen LogP contribution in [-0.2, 0) is 18.4 Å². The number of aromatic nitrogens is 3. The minimum absolute atomic E-state index is 0.393. The minimum Gasteiger partial charge on any atom is -0.315 e. The summed E-state index contributed by atoms with van der Waals surface area (Å²) in [6.07, 6.45) is 9.73. The Balaban J connectivity index is 1.58. The molecule has 4 bridgehead atoms. The summed E-state index contributed by atoms with van der Waals surface area (Å²) >= 11 is 0. The molecule has 0 spiro atoms. The summed E-state index contributed by atoms with van der Waals surface area (Å²) in [5.74, 6) is 5.53. The Morgan fingerprint density at radius 3 is 2.35 bits per heavy atom. The Labute approximate surface area is 120 Å². The zero-order valence-electron chi connectivity index (χ0n) is 12.1. The third-order valence-corrected chi connectivity index (χ3v) is 6.38. The first-order chi connectivity index (χ1) is 9.82. The number of hydrogen-bond donors (Lipinski definition) is 1. The van der Waals surface area contributed by atoms with Crippen molar-refractivity contribution >= 4 is 0 Å². The molecular formula is C16H24N4. The van der Waals surface area contributed by atoms with E-state index in [1.54, 1.807) is 0 Å². The molecule has 6 rings (SSSR count). The van der Waals surface area contributed by atoms with E-state index in [2.05, 4.69) is 15.0 Å². The molecule has 4 aliphatic carbocycles. The van der Waals surface area contributed by atoms with Crippen LogP contribution in [0.3, 0.4) is 0 Å². The highest BCUT2D eigenvalue weighted by atomic mass is 15.3. The topological polar surface area (TPSA) is 42.7 Å². The van der Waals surface area contributed by atoms with Gasteiger partial charge in [-0.15, -0.1) is 10.2 Å². The second kappa shape index (κ2) is 4.06. The molecule has 1 aromatic rings. The molecule has 1 N–H and O–H groups in total. The SMILES string of the molecule is C1Cc2nnc(C34CC5CC(CC(C5)C3)C4)n2CCN1. The molecular weight excluding hydrogens is 248 g/mol. The third-order valence-electron chi connectivity index (χ3n) is 6.38. The van der Waals surface area contributed by atoms with Crippen LogP contribution in [0.2, 0.25) is 0 Å². The van der Waals surface area contributed by atoms with E-state index in [1.807, 2.05) is 0 Å². The van der Waals surface area contributed by atoms with E-state index < -0.39 is 0 Å². The molecule has 1 aromatic heterocycles. The summed E-state index contributed by atoms with van der Waals surface area (Å²) in [6, 6.07) is 0. The zero-order chi connectivity index (χ0) is 13.2. The predicted molar refractivity (Wildman–Crippen MR) is 76.4 cm³/mol. The van der Waals surface area contributed by atoms with Crippen LogP contribution in [-0.4, -0.2) is 27.9 Å². The van der Waals surface area contributed by atoms with Crippen molar-refractivity contribution in [2.75, 3.05) is 13.1 Å². The largest absolute Gasteiger partial charge is 0.315 e. The third kappa shape index (κ3) is 1.57. The molecule has 1 aliphatic heterocycles. The summed E-state index contributed by atoms with van der Waals surface area (Å²) in [6.45, 7) is 3.20. The van der Waals surface area contributed by atoms with E-state index in [4.69, 9.17) is 5.10 Å². The van der Waals surface area contributed by atoms with Crippen molar-refractivity contribution in [3.05, 3.63) is 11.6 Å². The van der Waals surface area contributed by atoms with Crippen LogP contribution in [0, 0.1) is 17.8 Å². The Morgan fingerprint density at radius 2 is 1.65 bits per heavy atom. The van der Waals surface area contributed by atoms with E-state index in [0.29, 0.717) is 5.41 Å². The van der Waals surface area contributed by atoms with Gasteiger partial charge < -0.3 is 9.88 Å². The van der Waals surface area contributed by atoms with Crippen LogP contribution in [0.15, 0.2) is 0 Å². The van der Waals surface area contributed by atoms with Crippen molar-refractivity contribution in [3.8, 4) is 0 Å². The molecule has 4 fully saturated rings. The van der Waals surface area contributed by atoms with E-state index in [9.17, 15) is 0 Å². The highest BCUT2D eigenvalue weighted by Gasteiger charge is 2.53. The number of nitrogens with one attached hydrogen (secondary N) is 1. The second-order valence-corrected chi connectivity index (χ2v) is 7.79. The predicted octanol–water partition coefficient (Wildman–Crippen LogP) is 1.89. The first-order valence-electron chi connectivity index (χ1n) is 8.46. The maximum atomic E-state index is 4.71. The molecule has 0 saturated heterocycles. The lowest BCUT2D eigenvalue weighted by Gasteiger charge is -2.56. The molecule has 5 aliphatic rings. The van der Waals surface area contributed by atoms with Gasteiger partial charge in [-0.3, -0.25) is 0 Å². The van der Waals surface area contributed by atoms with Gasteiger partial charge in [-0.25, -0.2) is 0 Å². The minimum atomic E-state index is 0.393. The Bertz CT molecular complexity index is 497. The van der Waals surface area contributed by atoms with Crippen molar-refractivity contribution in [3.63, 3.8) is 0 Å². The maximum Gasteiger partial charge on any atom is 0.139 e. The van der Waals surface area contributed by atoms with Gasteiger partial charge in [0, 0.05) is 31.5 Å². The number of nitrogens with zero attached hydrogens (tertiary/aromatic N) is 3. The van der Waals surface area contributed by atoms with Gasteiger partial charge in [0.05, 0.1) is 0 Å². The first kappa shape index (κ1) is 11.7. The molecule has 4 heteroatoms. The molecule has 2 heterocycles. The Kier molecular flexibility index (Phi) is 2.38. The molecule has 108 valence electrons. The van der Waals surface area contributed by atoms with Gasteiger partial charge in [-0.05, 0) is 56.3 Å². The molecule has 4 nitrogen and oxygen atoms in total. The zero-order valence-corrected chi connectivity index (χ0v) is 12.1. The number of rotatable bonds is 1. The molecule has 0 atom stereocenters. The van der Waals surface area contributed by atoms with Crippen molar-refractivity contribution < 1.29 is 0 Å². The fraction of sp³-hybridized carbons (Fsp3) is 0.875. The van der Waals surface area contributed by atoms with Gasteiger partial charge >= 0.3 is 0 Å². The van der Waals surface area contributed by atoms with Crippen LogP contribution in [0.4, 0.5) is 0 Å². The summed E-state index contributed by atoms with van der Waals surface area (Å²) in [4.78, 5) is 0. The van der Waals surface area contributed by atoms with Crippen LogP contribution < -0.4 is 5.32 Å². The van der Waals surface area contributed by atoms with Gasteiger partial charge in [-0.2, -0.15) is 0 Å². The lowest BCUT2D eigenvalue weighted by Crippen LogP contribution is -2.49. The van der Waals surface area contributed by atoms with Gasteiger partial charge in [-0.1, -0.05) is 0 Å². The highest BCUT2D eigenvalue weighted by Crippen LogP contribution is 2.60. The van der Waals surface area contributed by atoms with Gasteiger partial charge in [0.15, 0.2) is 0 Å². The van der Waals surface area contributed by atoms with Gasteiger partial charge in [0.2, 0.25) is 0 Å². The molecule has 4 saturated carbocycles. The molecule has 0 unspecified atom stereocenters. The van der Waals surface area contributed by atoms with Crippen molar-refractivity contribution in [2.45, 2.75) is 56.9 Å². The van der Waals surface area contributed by atoms with Gasteiger partial charge in [0.1, 0.15) is 11.6 Å². The van der Waals surface area contributed by atoms with Crippen molar-refractivity contribution in [2.24, 2.45) is 17.8 Å². The monoisotopic (exact) mass is 272 g/mol. The van der Waals surface area contributed by atoms with Crippen LogP contribution >= 0.6 is 0 Å².